The largest absolute Gasteiger partial charge is 0.493 e. The fraction of sp³-hybridized carbons (Fsp3) is 0.118. The number of pyridine rings is 1. The minimum atomic E-state index is -0.0239. The third kappa shape index (κ3) is 2.25. The molecule has 0 aliphatic carbocycles. The SMILES string of the molecule is COc1cccc(-c2cc(=O)c3ccccc3[nH]2)c1OC. The molecule has 106 valence electrons. The average Bonchev–Trinajstić information content (AvgIpc) is 2.54. The summed E-state index contributed by atoms with van der Waals surface area (Å²) in [5.41, 5.74) is 2.27. The summed E-state index contributed by atoms with van der Waals surface area (Å²) in [4.78, 5) is 15.5. The van der Waals surface area contributed by atoms with Crippen LogP contribution in [-0.4, -0.2) is 19.2 Å². The number of aromatic nitrogens is 1. The standard InChI is InChI=1S/C17H15NO3/c1-20-16-9-5-7-12(17(16)21-2)14-10-15(19)11-6-3-4-8-13(11)18-14/h3-10H,1-2H3,(H,18,19). The predicted octanol–water partition coefficient (Wildman–Crippen LogP) is 3.21. The zero-order chi connectivity index (χ0) is 14.8. The highest BCUT2D eigenvalue weighted by molar-refractivity contribution is 5.82. The third-order valence-electron chi connectivity index (χ3n) is 3.43. The van der Waals surface area contributed by atoms with Crippen LogP contribution in [0.3, 0.4) is 0 Å². The zero-order valence-electron chi connectivity index (χ0n) is 11.8. The maximum atomic E-state index is 12.2. The van der Waals surface area contributed by atoms with E-state index in [1.165, 1.54) is 0 Å². The summed E-state index contributed by atoms with van der Waals surface area (Å²) in [7, 11) is 3.17. The third-order valence-corrected chi connectivity index (χ3v) is 3.43. The van der Waals surface area contributed by atoms with Crippen molar-refractivity contribution < 1.29 is 9.47 Å². The van der Waals surface area contributed by atoms with E-state index in [-0.39, 0.29) is 5.43 Å². The van der Waals surface area contributed by atoms with E-state index in [0.717, 1.165) is 11.1 Å². The van der Waals surface area contributed by atoms with Crippen molar-refractivity contribution >= 4 is 10.9 Å². The van der Waals surface area contributed by atoms with Gasteiger partial charge in [0.2, 0.25) is 0 Å². The molecular formula is C17H15NO3. The minimum absolute atomic E-state index is 0.0239. The summed E-state index contributed by atoms with van der Waals surface area (Å²) in [5, 5.41) is 0.670. The van der Waals surface area contributed by atoms with E-state index in [0.29, 0.717) is 22.6 Å². The molecule has 21 heavy (non-hydrogen) atoms. The van der Waals surface area contributed by atoms with Crippen molar-refractivity contribution in [3.8, 4) is 22.8 Å². The van der Waals surface area contributed by atoms with Crippen molar-refractivity contribution in [3.63, 3.8) is 0 Å². The topological polar surface area (TPSA) is 51.3 Å². The first-order valence-corrected chi connectivity index (χ1v) is 6.58. The average molecular weight is 281 g/mol. The first kappa shape index (κ1) is 13.2. The molecule has 1 heterocycles. The number of aromatic amines is 1. The molecule has 0 aliphatic rings. The number of fused-ring (bicyclic) bond motifs is 1. The Morgan fingerprint density at radius 3 is 2.52 bits per heavy atom. The molecule has 3 rings (SSSR count). The molecule has 0 radical (unpaired) electrons. The second-order valence-corrected chi connectivity index (χ2v) is 4.63. The fourth-order valence-electron chi connectivity index (χ4n) is 2.44. The first-order valence-electron chi connectivity index (χ1n) is 6.58. The van der Waals surface area contributed by atoms with Crippen molar-refractivity contribution in [2.24, 2.45) is 0 Å². The zero-order valence-corrected chi connectivity index (χ0v) is 11.8. The number of para-hydroxylation sites is 2. The van der Waals surface area contributed by atoms with E-state index < -0.39 is 0 Å². The van der Waals surface area contributed by atoms with Crippen LogP contribution in [-0.2, 0) is 0 Å². The molecule has 0 bridgehead atoms. The van der Waals surface area contributed by atoms with Crippen molar-refractivity contribution in [1.82, 2.24) is 4.98 Å². The summed E-state index contributed by atoms with van der Waals surface area (Å²) >= 11 is 0. The molecule has 1 aromatic heterocycles. The second-order valence-electron chi connectivity index (χ2n) is 4.63. The summed E-state index contributed by atoms with van der Waals surface area (Å²) < 4.78 is 10.7. The Balaban J connectivity index is 2.28. The van der Waals surface area contributed by atoms with Crippen LogP contribution in [0.4, 0.5) is 0 Å². The highest BCUT2D eigenvalue weighted by atomic mass is 16.5. The summed E-state index contributed by atoms with van der Waals surface area (Å²) in [6, 6.07) is 14.6. The molecular weight excluding hydrogens is 266 g/mol. The van der Waals surface area contributed by atoms with Crippen molar-refractivity contribution in [3.05, 3.63) is 58.8 Å². The molecule has 1 N–H and O–H groups in total. The van der Waals surface area contributed by atoms with Crippen LogP contribution < -0.4 is 14.9 Å². The lowest BCUT2D eigenvalue weighted by atomic mass is 10.1. The van der Waals surface area contributed by atoms with Crippen LogP contribution in [0.5, 0.6) is 11.5 Å². The Morgan fingerprint density at radius 1 is 0.952 bits per heavy atom. The molecule has 4 heteroatoms. The molecule has 3 aromatic rings. The van der Waals surface area contributed by atoms with Crippen molar-refractivity contribution in [2.75, 3.05) is 14.2 Å². The molecule has 0 fully saturated rings. The van der Waals surface area contributed by atoms with Gasteiger partial charge in [0.1, 0.15) is 0 Å². The van der Waals surface area contributed by atoms with Gasteiger partial charge in [0, 0.05) is 22.5 Å². The maximum absolute atomic E-state index is 12.2. The lowest BCUT2D eigenvalue weighted by Crippen LogP contribution is -2.03. The van der Waals surface area contributed by atoms with Crippen LogP contribution in [0.1, 0.15) is 0 Å². The van der Waals surface area contributed by atoms with Gasteiger partial charge in [0.25, 0.3) is 0 Å². The van der Waals surface area contributed by atoms with Gasteiger partial charge in [-0.05, 0) is 24.3 Å². The Bertz CT molecular complexity index is 852. The number of hydrogen-bond donors (Lipinski definition) is 1. The molecule has 0 atom stereocenters. The molecule has 0 saturated heterocycles. The second kappa shape index (κ2) is 5.32. The van der Waals surface area contributed by atoms with Crippen LogP contribution in [0.25, 0.3) is 22.2 Å². The van der Waals surface area contributed by atoms with Gasteiger partial charge >= 0.3 is 0 Å². The monoisotopic (exact) mass is 281 g/mol. The van der Waals surface area contributed by atoms with Gasteiger partial charge in [0.05, 0.1) is 19.9 Å². The molecule has 0 unspecified atom stereocenters. The number of nitrogens with one attached hydrogen (secondary N) is 1. The molecule has 2 aromatic carbocycles. The molecule has 0 spiro atoms. The Hall–Kier alpha value is -2.75. The van der Waals surface area contributed by atoms with E-state index >= 15 is 0 Å². The van der Waals surface area contributed by atoms with E-state index in [4.69, 9.17) is 9.47 Å². The number of hydrogen-bond acceptors (Lipinski definition) is 3. The maximum Gasteiger partial charge on any atom is 0.190 e. The van der Waals surface area contributed by atoms with Crippen LogP contribution in [0, 0.1) is 0 Å². The van der Waals surface area contributed by atoms with Gasteiger partial charge in [-0.15, -0.1) is 0 Å². The summed E-state index contributed by atoms with van der Waals surface area (Å²) in [5.74, 6) is 1.23. The Morgan fingerprint density at radius 2 is 1.76 bits per heavy atom. The number of benzene rings is 2. The number of rotatable bonds is 3. The number of methoxy groups -OCH3 is 2. The van der Waals surface area contributed by atoms with Gasteiger partial charge < -0.3 is 14.5 Å². The van der Waals surface area contributed by atoms with Crippen molar-refractivity contribution in [1.29, 1.82) is 0 Å². The quantitative estimate of drug-likeness (QED) is 0.802. The molecule has 0 amide bonds. The Labute approximate surface area is 122 Å². The van der Waals surface area contributed by atoms with Gasteiger partial charge in [-0.2, -0.15) is 0 Å². The lowest BCUT2D eigenvalue weighted by Gasteiger charge is -2.13. The Kier molecular flexibility index (Phi) is 3.36. The van der Waals surface area contributed by atoms with Gasteiger partial charge in [-0.25, -0.2) is 0 Å². The number of ether oxygens (including phenoxy) is 2. The highest BCUT2D eigenvalue weighted by Crippen LogP contribution is 2.36. The van der Waals surface area contributed by atoms with E-state index in [1.807, 2.05) is 36.4 Å². The van der Waals surface area contributed by atoms with Gasteiger partial charge in [-0.3, -0.25) is 4.79 Å². The van der Waals surface area contributed by atoms with Crippen LogP contribution >= 0.6 is 0 Å². The molecule has 0 aliphatic heterocycles. The van der Waals surface area contributed by atoms with Crippen LogP contribution in [0.15, 0.2) is 53.3 Å². The fourth-order valence-corrected chi connectivity index (χ4v) is 2.44. The highest BCUT2D eigenvalue weighted by Gasteiger charge is 2.13. The van der Waals surface area contributed by atoms with Gasteiger partial charge in [0.15, 0.2) is 16.9 Å². The number of H-pyrrole nitrogens is 1. The minimum Gasteiger partial charge on any atom is -0.493 e. The normalized spacial score (nSPS) is 10.6. The van der Waals surface area contributed by atoms with Gasteiger partial charge in [-0.1, -0.05) is 18.2 Å². The van der Waals surface area contributed by atoms with Crippen molar-refractivity contribution in [2.45, 2.75) is 0 Å². The molecule has 4 nitrogen and oxygen atoms in total. The van der Waals surface area contributed by atoms with Crippen LogP contribution in [0.2, 0.25) is 0 Å². The first-order chi connectivity index (χ1) is 10.2. The molecule has 0 saturated carbocycles. The van der Waals surface area contributed by atoms with E-state index in [1.54, 1.807) is 26.4 Å². The summed E-state index contributed by atoms with van der Waals surface area (Å²) in [6.07, 6.45) is 0. The van der Waals surface area contributed by atoms with E-state index in [2.05, 4.69) is 4.98 Å². The van der Waals surface area contributed by atoms with E-state index in [9.17, 15) is 4.79 Å². The predicted molar refractivity (Wildman–Crippen MR) is 83.1 cm³/mol. The summed E-state index contributed by atoms with van der Waals surface area (Å²) in [6.45, 7) is 0. The lowest BCUT2D eigenvalue weighted by molar-refractivity contribution is 0.356. The smallest absolute Gasteiger partial charge is 0.190 e.